The largest absolute Gasteiger partial charge is 0.336 e. The minimum absolute atomic E-state index is 0. The van der Waals surface area contributed by atoms with Crippen molar-refractivity contribution >= 4 is 29.9 Å². The lowest BCUT2D eigenvalue weighted by Gasteiger charge is -2.36. The number of anilines is 1. The fraction of sp³-hybridized carbons (Fsp3) is 0.600. The van der Waals surface area contributed by atoms with E-state index in [0.29, 0.717) is 13.0 Å². The molecule has 3 N–H and O–H groups in total. The summed E-state index contributed by atoms with van der Waals surface area (Å²) in [5, 5.41) is 2.93. The number of benzene rings is 1. The third-order valence-corrected chi connectivity index (χ3v) is 5.43. The van der Waals surface area contributed by atoms with Crippen LogP contribution in [0.15, 0.2) is 18.2 Å². The van der Waals surface area contributed by atoms with Gasteiger partial charge >= 0.3 is 0 Å². The maximum atomic E-state index is 12.6. The van der Waals surface area contributed by atoms with Crippen molar-refractivity contribution in [1.29, 1.82) is 0 Å². The van der Waals surface area contributed by atoms with Gasteiger partial charge in [0.2, 0.25) is 11.8 Å². The predicted octanol–water partition coefficient (Wildman–Crippen LogP) is 3.42. The maximum absolute atomic E-state index is 12.6. The first-order chi connectivity index (χ1) is 11.9. The number of para-hydroxylation sites is 1. The Bertz CT molecular complexity index is 607. The van der Waals surface area contributed by atoms with E-state index in [2.05, 4.69) is 5.32 Å². The summed E-state index contributed by atoms with van der Waals surface area (Å²) in [7, 11) is 1.69. The summed E-state index contributed by atoms with van der Waals surface area (Å²) in [6.07, 6.45) is 5.97. The van der Waals surface area contributed by atoms with Crippen LogP contribution in [-0.4, -0.2) is 36.9 Å². The van der Waals surface area contributed by atoms with Crippen LogP contribution in [0.5, 0.6) is 0 Å². The molecule has 0 unspecified atom stereocenters. The molecule has 1 aromatic carbocycles. The van der Waals surface area contributed by atoms with Gasteiger partial charge in [0, 0.05) is 19.2 Å². The van der Waals surface area contributed by atoms with Gasteiger partial charge in [0.1, 0.15) is 0 Å². The highest BCUT2D eigenvalue weighted by Crippen LogP contribution is 2.38. The number of nitrogens with one attached hydrogen (secondary N) is 1. The Kier molecular flexibility index (Phi) is 8.57. The van der Waals surface area contributed by atoms with Crippen LogP contribution >= 0.6 is 12.4 Å². The third-order valence-electron chi connectivity index (χ3n) is 5.43. The Labute approximate surface area is 163 Å². The van der Waals surface area contributed by atoms with Crippen LogP contribution in [0.4, 0.5) is 5.69 Å². The van der Waals surface area contributed by atoms with Crippen LogP contribution in [0.25, 0.3) is 0 Å². The number of nitrogens with two attached hydrogens (primary N) is 1. The molecule has 0 heterocycles. The molecule has 0 radical (unpaired) electrons. The molecule has 1 aliphatic rings. The fourth-order valence-corrected chi connectivity index (χ4v) is 3.70. The average molecular weight is 382 g/mol. The normalized spacial score (nSPS) is 15.7. The molecular formula is C20H32ClN3O2. The van der Waals surface area contributed by atoms with E-state index in [9.17, 15) is 9.59 Å². The van der Waals surface area contributed by atoms with Gasteiger partial charge in [0.05, 0.1) is 6.54 Å². The van der Waals surface area contributed by atoms with Crippen LogP contribution in [0.2, 0.25) is 0 Å². The lowest BCUT2D eigenvalue weighted by atomic mass is 9.71. The molecule has 2 amide bonds. The van der Waals surface area contributed by atoms with Crippen molar-refractivity contribution < 1.29 is 9.59 Å². The SMILES string of the molecule is Cc1cccc(C)c1NC(=O)CN(C)C(=O)CC1(CN)CCCCC1.Cl. The quantitative estimate of drug-likeness (QED) is 0.792. The Morgan fingerprint density at radius 3 is 2.27 bits per heavy atom. The first-order valence-corrected chi connectivity index (χ1v) is 9.17. The molecular weight excluding hydrogens is 350 g/mol. The van der Waals surface area contributed by atoms with Crippen LogP contribution in [0.1, 0.15) is 49.7 Å². The number of carbonyl (C=O) groups excluding carboxylic acids is 2. The predicted molar refractivity (Wildman–Crippen MR) is 109 cm³/mol. The zero-order valence-corrected chi connectivity index (χ0v) is 17.0. The number of nitrogens with zero attached hydrogens (tertiary/aromatic N) is 1. The Morgan fingerprint density at radius 2 is 1.73 bits per heavy atom. The third kappa shape index (κ3) is 5.71. The molecule has 6 heteroatoms. The number of hydrogen-bond acceptors (Lipinski definition) is 3. The summed E-state index contributed by atoms with van der Waals surface area (Å²) in [4.78, 5) is 26.5. The lowest BCUT2D eigenvalue weighted by molar-refractivity contribution is -0.135. The van der Waals surface area contributed by atoms with Crippen molar-refractivity contribution in [2.75, 3.05) is 25.5 Å². The standard InChI is InChI=1S/C20H31N3O2.ClH/c1-15-8-7-9-16(2)19(15)22-17(24)13-23(3)18(25)12-20(14-21)10-5-4-6-11-20;/h7-9H,4-6,10-14,21H2,1-3H3,(H,22,24);1H. The van der Waals surface area contributed by atoms with E-state index in [1.807, 2.05) is 32.0 Å². The molecule has 1 aromatic rings. The van der Waals surface area contributed by atoms with Gasteiger partial charge in [0.25, 0.3) is 0 Å². The Balaban J connectivity index is 0.00000338. The number of amides is 2. The minimum atomic E-state index is -0.168. The van der Waals surface area contributed by atoms with Crippen molar-refractivity contribution in [2.45, 2.75) is 52.4 Å². The van der Waals surface area contributed by atoms with Gasteiger partial charge < -0.3 is 16.0 Å². The topological polar surface area (TPSA) is 75.4 Å². The number of likely N-dealkylation sites (N-methyl/N-ethyl adjacent to an activating group) is 1. The number of hydrogen-bond donors (Lipinski definition) is 2. The molecule has 0 aromatic heterocycles. The van der Waals surface area contributed by atoms with E-state index in [1.165, 1.54) is 11.3 Å². The summed E-state index contributed by atoms with van der Waals surface area (Å²) in [5.74, 6) is -0.164. The van der Waals surface area contributed by atoms with E-state index in [1.54, 1.807) is 7.05 Å². The molecule has 5 nitrogen and oxygen atoms in total. The molecule has 1 saturated carbocycles. The van der Waals surface area contributed by atoms with Crippen molar-refractivity contribution in [3.63, 3.8) is 0 Å². The Hall–Kier alpha value is -1.59. The number of rotatable bonds is 6. The number of halogens is 1. The number of aryl methyl sites for hydroxylation is 2. The summed E-state index contributed by atoms with van der Waals surface area (Å²) in [6, 6.07) is 5.89. The monoisotopic (exact) mass is 381 g/mol. The van der Waals surface area contributed by atoms with E-state index in [0.717, 1.165) is 42.5 Å². The van der Waals surface area contributed by atoms with Crippen molar-refractivity contribution in [2.24, 2.45) is 11.1 Å². The van der Waals surface area contributed by atoms with Gasteiger partial charge in [-0.3, -0.25) is 9.59 Å². The van der Waals surface area contributed by atoms with Crippen molar-refractivity contribution in [3.05, 3.63) is 29.3 Å². The van der Waals surface area contributed by atoms with E-state index in [4.69, 9.17) is 5.73 Å². The highest BCUT2D eigenvalue weighted by Gasteiger charge is 2.34. The van der Waals surface area contributed by atoms with Gasteiger partial charge in [0.15, 0.2) is 0 Å². The maximum Gasteiger partial charge on any atom is 0.243 e. The van der Waals surface area contributed by atoms with Crippen molar-refractivity contribution in [3.8, 4) is 0 Å². The second-order valence-electron chi connectivity index (χ2n) is 7.51. The first-order valence-electron chi connectivity index (χ1n) is 9.17. The van der Waals surface area contributed by atoms with Crippen molar-refractivity contribution in [1.82, 2.24) is 4.90 Å². The molecule has 146 valence electrons. The van der Waals surface area contributed by atoms with Gasteiger partial charge in [-0.05, 0) is 49.8 Å². The van der Waals surface area contributed by atoms with E-state index < -0.39 is 0 Å². The van der Waals surface area contributed by atoms with E-state index in [-0.39, 0.29) is 36.2 Å². The van der Waals surface area contributed by atoms with E-state index >= 15 is 0 Å². The second-order valence-corrected chi connectivity index (χ2v) is 7.51. The zero-order valence-electron chi connectivity index (χ0n) is 16.1. The summed E-state index contributed by atoms with van der Waals surface area (Å²) in [5.41, 5.74) is 8.77. The van der Waals surface area contributed by atoms with Crippen LogP contribution in [0, 0.1) is 19.3 Å². The zero-order chi connectivity index (χ0) is 18.4. The van der Waals surface area contributed by atoms with Gasteiger partial charge in [-0.15, -0.1) is 12.4 Å². The lowest BCUT2D eigenvalue weighted by Crippen LogP contribution is -2.41. The molecule has 0 bridgehead atoms. The Morgan fingerprint density at radius 1 is 1.15 bits per heavy atom. The minimum Gasteiger partial charge on any atom is -0.336 e. The number of carbonyl (C=O) groups is 2. The molecule has 0 saturated heterocycles. The summed E-state index contributed by atoms with van der Waals surface area (Å²) < 4.78 is 0. The molecule has 26 heavy (non-hydrogen) atoms. The van der Waals surface area contributed by atoms with Gasteiger partial charge in [-0.1, -0.05) is 37.5 Å². The molecule has 1 aliphatic carbocycles. The molecule has 2 rings (SSSR count). The molecule has 0 spiro atoms. The van der Waals surface area contributed by atoms with Crippen LogP contribution in [-0.2, 0) is 9.59 Å². The smallest absolute Gasteiger partial charge is 0.243 e. The average Bonchev–Trinajstić information content (AvgIpc) is 2.59. The first kappa shape index (κ1) is 22.5. The summed E-state index contributed by atoms with van der Waals surface area (Å²) >= 11 is 0. The molecule has 0 aliphatic heterocycles. The summed E-state index contributed by atoms with van der Waals surface area (Å²) in [6.45, 7) is 4.53. The van der Waals surface area contributed by atoms with Crippen LogP contribution in [0.3, 0.4) is 0 Å². The van der Waals surface area contributed by atoms with Gasteiger partial charge in [-0.25, -0.2) is 0 Å². The molecule has 1 fully saturated rings. The molecule has 0 atom stereocenters. The highest BCUT2D eigenvalue weighted by molar-refractivity contribution is 5.95. The fourth-order valence-electron chi connectivity index (χ4n) is 3.70. The highest BCUT2D eigenvalue weighted by atomic mass is 35.5. The van der Waals surface area contributed by atoms with Crippen LogP contribution < -0.4 is 11.1 Å². The van der Waals surface area contributed by atoms with Gasteiger partial charge in [-0.2, -0.15) is 0 Å². The second kappa shape index (κ2) is 9.93.